The molecule has 1 N–H and O–H groups in total. The molecule has 1 aromatic heterocycles. The zero-order chi connectivity index (χ0) is 22.1. The summed E-state index contributed by atoms with van der Waals surface area (Å²) in [5.41, 5.74) is 5.50. The molecule has 5 rings (SSSR count). The molecule has 0 fully saturated rings. The zero-order valence-corrected chi connectivity index (χ0v) is 19.2. The molecule has 1 aliphatic rings. The number of fused-ring (bicyclic) bond motifs is 1. The molecule has 6 heteroatoms. The van der Waals surface area contributed by atoms with Crippen molar-refractivity contribution in [1.82, 2.24) is 15.1 Å². The highest BCUT2D eigenvalue weighted by Crippen LogP contribution is 2.43. The average Bonchev–Trinajstić information content (AvgIpc) is 3.38. The van der Waals surface area contributed by atoms with Crippen molar-refractivity contribution in [2.45, 2.75) is 12.5 Å². The normalized spacial score (nSPS) is 15.1. The van der Waals surface area contributed by atoms with Crippen LogP contribution in [-0.2, 0) is 6.42 Å². The van der Waals surface area contributed by atoms with Gasteiger partial charge in [0.25, 0.3) is 5.91 Å². The Morgan fingerprint density at radius 1 is 1.00 bits per heavy atom. The van der Waals surface area contributed by atoms with Crippen LogP contribution in [0.3, 0.4) is 0 Å². The van der Waals surface area contributed by atoms with E-state index in [4.69, 9.17) is 4.74 Å². The summed E-state index contributed by atoms with van der Waals surface area (Å²) in [6.45, 7) is 0.619. The highest BCUT2D eigenvalue weighted by molar-refractivity contribution is 9.10. The van der Waals surface area contributed by atoms with Crippen LogP contribution in [0.4, 0.5) is 0 Å². The van der Waals surface area contributed by atoms with E-state index in [0.29, 0.717) is 12.2 Å². The van der Waals surface area contributed by atoms with Crippen LogP contribution in [0.2, 0.25) is 0 Å². The number of nitrogens with zero attached hydrogens (tertiary/aromatic N) is 2. The van der Waals surface area contributed by atoms with Gasteiger partial charge in [-0.3, -0.25) is 9.89 Å². The van der Waals surface area contributed by atoms with Crippen LogP contribution < -0.4 is 4.74 Å². The minimum absolute atomic E-state index is 0.0175. The zero-order valence-electron chi connectivity index (χ0n) is 17.6. The van der Waals surface area contributed by atoms with Crippen molar-refractivity contribution in [2.75, 3.05) is 13.7 Å². The van der Waals surface area contributed by atoms with E-state index < -0.39 is 0 Å². The molecule has 32 heavy (non-hydrogen) atoms. The van der Waals surface area contributed by atoms with E-state index >= 15 is 0 Å². The maximum atomic E-state index is 13.4. The van der Waals surface area contributed by atoms with Gasteiger partial charge in [0.05, 0.1) is 18.8 Å². The Bertz CT molecular complexity index is 1230. The van der Waals surface area contributed by atoms with Gasteiger partial charge in [-0.15, -0.1) is 0 Å². The minimum Gasteiger partial charge on any atom is -0.497 e. The first-order valence-corrected chi connectivity index (χ1v) is 11.3. The van der Waals surface area contributed by atoms with Crippen molar-refractivity contribution >= 4 is 21.8 Å². The number of halogens is 1. The second-order valence-corrected chi connectivity index (χ2v) is 8.69. The SMILES string of the molecule is COc1ccc(-c2n[nH]c3c2[C@@H](c2ccc(Br)cc2)N(CCc2ccccc2)C3=O)cc1. The van der Waals surface area contributed by atoms with Crippen LogP contribution in [0.25, 0.3) is 11.3 Å². The number of methoxy groups -OCH3 is 1. The molecule has 1 amide bonds. The van der Waals surface area contributed by atoms with Crippen molar-refractivity contribution in [1.29, 1.82) is 0 Å². The molecular weight excluding hydrogens is 466 g/mol. The van der Waals surface area contributed by atoms with Crippen LogP contribution >= 0.6 is 15.9 Å². The molecule has 0 unspecified atom stereocenters. The smallest absolute Gasteiger partial charge is 0.273 e. The van der Waals surface area contributed by atoms with Crippen LogP contribution in [0.5, 0.6) is 5.75 Å². The highest BCUT2D eigenvalue weighted by Gasteiger charge is 2.41. The quantitative estimate of drug-likeness (QED) is 0.383. The van der Waals surface area contributed by atoms with Crippen LogP contribution in [0.15, 0.2) is 83.3 Å². The van der Waals surface area contributed by atoms with E-state index in [1.54, 1.807) is 7.11 Å². The number of hydrogen-bond donors (Lipinski definition) is 1. The lowest BCUT2D eigenvalue weighted by Crippen LogP contribution is -2.31. The van der Waals surface area contributed by atoms with E-state index in [-0.39, 0.29) is 11.9 Å². The number of benzene rings is 3. The third kappa shape index (κ3) is 3.71. The molecule has 0 saturated carbocycles. The summed E-state index contributed by atoms with van der Waals surface area (Å²) in [4.78, 5) is 15.4. The van der Waals surface area contributed by atoms with E-state index in [1.165, 1.54) is 5.56 Å². The predicted octanol–water partition coefficient (Wildman–Crippen LogP) is 5.64. The van der Waals surface area contributed by atoms with Crippen LogP contribution in [0.1, 0.15) is 33.2 Å². The van der Waals surface area contributed by atoms with E-state index in [2.05, 4.69) is 50.4 Å². The summed E-state index contributed by atoms with van der Waals surface area (Å²) in [6.07, 6.45) is 0.787. The molecular formula is C26H22BrN3O2. The largest absolute Gasteiger partial charge is 0.497 e. The van der Waals surface area contributed by atoms with Gasteiger partial charge >= 0.3 is 0 Å². The van der Waals surface area contributed by atoms with Gasteiger partial charge in [0.1, 0.15) is 11.4 Å². The number of rotatable bonds is 6. The average molecular weight is 488 g/mol. The molecule has 0 radical (unpaired) electrons. The molecule has 2 heterocycles. The topological polar surface area (TPSA) is 58.2 Å². The fourth-order valence-corrected chi connectivity index (χ4v) is 4.55. The summed E-state index contributed by atoms with van der Waals surface area (Å²) in [6, 6.07) is 26.0. The highest BCUT2D eigenvalue weighted by atomic mass is 79.9. The van der Waals surface area contributed by atoms with Crippen molar-refractivity contribution < 1.29 is 9.53 Å². The van der Waals surface area contributed by atoms with Crippen molar-refractivity contribution in [3.05, 3.63) is 106 Å². The third-order valence-corrected chi connectivity index (χ3v) is 6.43. The Labute approximate surface area is 195 Å². The molecule has 0 aliphatic carbocycles. The summed E-state index contributed by atoms with van der Waals surface area (Å²) in [7, 11) is 1.65. The lowest BCUT2D eigenvalue weighted by molar-refractivity contribution is 0.0746. The summed E-state index contributed by atoms with van der Waals surface area (Å²) < 4.78 is 6.30. The molecule has 1 atom stereocenters. The number of aromatic nitrogens is 2. The van der Waals surface area contributed by atoms with Gasteiger partial charge in [0, 0.05) is 22.1 Å². The standard InChI is InChI=1S/C26H22BrN3O2/c1-32-21-13-9-18(10-14-21)23-22-24(29-28-23)26(31)30(16-15-17-5-3-2-4-6-17)25(22)19-7-11-20(27)12-8-19/h2-14,25H,15-16H2,1H3,(H,28,29)/t25-/m1/s1. The van der Waals surface area contributed by atoms with Crippen LogP contribution in [-0.4, -0.2) is 34.7 Å². The number of nitrogens with one attached hydrogen (secondary N) is 1. The second-order valence-electron chi connectivity index (χ2n) is 7.78. The molecule has 0 saturated heterocycles. The van der Waals surface area contributed by atoms with Crippen molar-refractivity contribution in [3.8, 4) is 17.0 Å². The Hall–Kier alpha value is -3.38. The van der Waals surface area contributed by atoms with Gasteiger partial charge in [0.15, 0.2) is 0 Å². The Balaban J connectivity index is 1.56. The van der Waals surface area contributed by atoms with Crippen molar-refractivity contribution in [2.24, 2.45) is 0 Å². The lowest BCUT2D eigenvalue weighted by atomic mass is 9.96. The second kappa shape index (κ2) is 8.63. The van der Waals surface area contributed by atoms with Gasteiger partial charge in [-0.05, 0) is 53.9 Å². The molecule has 3 aromatic carbocycles. The summed E-state index contributed by atoms with van der Waals surface area (Å²) in [5.74, 6) is 0.766. The van der Waals surface area contributed by atoms with Crippen LogP contribution in [0, 0.1) is 0 Å². The van der Waals surface area contributed by atoms with Gasteiger partial charge in [-0.2, -0.15) is 5.10 Å². The van der Waals surface area contributed by atoms with Gasteiger partial charge in [-0.1, -0.05) is 58.4 Å². The minimum atomic E-state index is -0.204. The number of aromatic amines is 1. The van der Waals surface area contributed by atoms with Crippen molar-refractivity contribution in [3.63, 3.8) is 0 Å². The van der Waals surface area contributed by atoms with Gasteiger partial charge in [0.2, 0.25) is 0 Å². The predicted molar refractivity (Wildman–Crippen MR) is 128 cm³/mol. The Morgan fingerprint density at radius 2 is 1.72 bits per heavy atom. The number of H-pyrrole nitrogens is 1. The molecule has 4 aromatic rings. The first-order valence-electron chi connectivity index (χ1n) is 10.5. The third-order valence-electron chi connectivity index (χ3n) is 5.90. The first-order chi connectivity index (χ1) is 15.7. The number of hydrogen-bond acceptors (Lipinski definition) is 3. The lowest BCUT2D eigenvalue weighted by Gasteiger charge is -2.26. The number of amides is 1. The molecule has 5 nitrogen and oxygen atoms in total. The maximum Gasteiger partial charge on any atom is 0.273 e. The first kappa shape index (κ1) is 20.5. The number of carbonyl (C=O) groups is 1. The Kier molecular flexibility index (Phi) is 5.53. The number of ether oxygens (including phenoxy) is 1. The van der Waals surface area contributed by atoms with E-state index in [9.17, 15) is 4.79 Å². The fourth-order valence-electron chi connectivity index (χ4n) is 4.28. The molecule has 0 bridgehead atoms. The van der Waals surface area contributed by atoms with Gasteiger partial charge < -0.3 is 9.64 Å². The maximum absolute atomic E-state index is 13.4. The number of carbonyl (C=O) groups excluding carboxylic acids is 1. The summed E-state index contributed by atoms with van der Waals surface area (Å²) in [5, 5.41) is 7.56. The molecule has 0 spiro atoms. The molecule has 160 valence electrons. The fraction of sp³-hybridized carbons (Fsp3) is 0.154. The summed E-state index contributed by atoms with van der Waals surface area (Å²) >= 11 is 3.52. The Morgan fingerprint density at radius 3 is 2.41 bits per heavy atom. The van der Waals surface area contributed by atoms with Gasteiger partial charge in [-0.25, -0.2) is 0 Å². The monoisotopic (exact) mass is 487 g/mol. The van der Waals surface area contributed by atoms with E-state index in [1.807, 2.05) is 59.5 Å². The van der Waals surface area contributed by atoms with E-state index in [0.717, 1.165) is 39.0 Å². The molecule has 1 aliphatic heterocycles.